The molecule has 0 saturated heterocycles. The van der Waals surface area contributed by atoms with E-state index in [0.29, 0.717) is 11.8 Å². The standard InChI is InChI=1S/C7H11N3O2/c1-4-2-5(4)3-9-10-7(12)6(8)11/h3-5H,2H2,1H3,(H2,8,11)(H,10,12)/b9-3+. The van der Waals surface area contributed by atoms with E-state index in [1.165, 1.54) is 0 Å². The van der Waals surface area contributed by atoms with Gasteiger partial charge in [-0.15, -0.1) is 0 Å². The molecule has 0 aromatic carbocycles. The van der Waals surface area contributed by atoms with Crippen molar-refractivity contribution in [3.63, 3.8) is 0 Å². The molecular formula is C7H11N3O2. The molecule has 1 saturated carbocycles. The number of nitrogens with zero attached hydrogens (tertiary/aromatic N) is 1. The van der Waals surface area contributed by atoms with Gasteiger partial charge in [0.15, 0.2) is 0 Å². The Balaban J connectivity index is 2.21. The van der Waals surface area contributed by atoms with Crippen LogP contribution in [-0.4, -0.2) is 18.0 Å². The topological polar surface area (TPSA) is 84.6 Å². The second kappa shape index (κ2) is 3.34. The molecule has 12 heavy (non-hydrogen) atoms. The number of nitrogens with one attached hydrogen (secondary N) is 1. The predicted molar refractivity (Wildman–Crippen MR) is 43.1 cm³/mol. The molecular weight excluding hydrogens is 158 g/mol. The van der Waals surface area contributed by atoms with Crippen LogP contribution in [0.3, 0.4) is 0 Å². The average Bonchev–Trinajstić information content (AvgIpc) is 2.66. The third-order valence-corrected chi connectivity index (χ3v) is 1.83. The van der Waals surface area contributed by atoms with Gasteiger partial charge in [0, 0.05) is 6.21 Å². The van der Waals surface area contributed by atoms with Crippen LogP contribution >= 0.6 is 0 Å². The summed E-state index contributed by atoms with van der Waals surface area (Å²) in [6, 6.07) is 0. The summed E-state index contributed by atoms with van der Waals surface area (Å²) in [7, 11) is 0. The van der Waals surface area contributed by atoms with Crippen LogP contribution in [-0.2, 0) is 9.59 Å². The summed E-state index contributed by atoms with van der Waals surface area (Å²) in [6.45, 7) is 2.09. The van der Waals surface area contributed by atoms with Crippen molar-refractivity contribution in [2.75, 3.05) is 0 Å². The van der Waals surface area contributed by atoms with Crippen LogP contribution in [0, 0.1) is 11.8 Å². The molecule has 0 radical (unpaired) electrons. The number of rotatable bonds is 2. The van der Waals surface area contributed by atoms with E-state index in [4.69, 9.17) is 0 Å². The molecule has 5 heteroatoms. The molecule has 0 heterocycles. The fourth-order valence-electron chi connectivity index (χ4n) is 0.805. The van der Waals surface area contributed by atoms with E-state index < -0.39 is 11.8 Å². The molecule has 3 N–H and O–H groups in total. The maximum atomic E-state index is 10.5. The van der Waals surface area contributed by atoms with Crippen LogP contribution in [0.4, 0.5) is 0 Å². The SMILES string of the molecule is CC1CC1/C=N/NC(=O)C(N)=O. The van der Waals surface area contributed by atoms with E-state index in [-0.39, 0.29) is 0 Å². The number of hydrogen-bond donors (Lipinski definition) is 2. The van der Waals surface area contributed by atoms with Gasteiger partial charge in [0.1, 0.15) is 0 Å². The molecule has 1 aliphatic rings. The summed E-state index contributed by atoms with van der Waals surface area (Å²) < 4.78 is 0. The van der Waals surface area contributed by atoms with Crippen LogP contribution in [0.5, 0.6) is 0 Å². The second-order valence-corrected chi connectivity index (χ2v) is 2.96. The lowest BCUT2D eigenvalue weighted by Gasteiger charge is -1.91. The molecule has 0 bridgehead atoms. The van der Waals surface area contributed by atoms with Crippen molar-refractivity contribution < 1.29 is 9.59 Å². The molecule has 2 amide bonds. The first-order valence-corrected chi connectivity index (χ1v) is 3.74. The summed E-state index contributed by atoms with van der Waals surface area (Å²) in [5.74, 6) is -0.812. The Hall–Kier alpha value is -1.39. The van der Waals surface area contributed by atoms with Gasteiger partial charge in [-0.2, -0.15) is 5.10 Å². The minimum Gasteiger partial charge on any atom is -0.361 e. The van der Waals surface area contributed by atoms with Crippen molar-refractivity contribution in [2.24, 2.45) is 22.7 Å². The van der Waals surface area contributed by atoms with Gasteiger partial charge in [-0.25, -0.2) is 5.43 Å². The summed E-state index contributed by atoms with van der Waals surface area (Å²) in [6.07, 6.45) is 2.72. The molecule has 1 rings (SSSR count). The van der Waals surface area contributed by atoms with Crippen molar-refractivity contribution in [3.8, 4) is 0 Å². The molecule has 0 aromatic heterocycles. The number of amides is 2. The molecule has 5 nitrogen and oxygen atoms in total. The van der Waals surface area contributed by atoms with E-state index in [1.807, 2.05) is 5.43 Å². The van der Waals surface area contributed by atoms with Gasteiger partial charge in [0.2, 0.25) is 0 Å². The van der Waals surface area contributed by atoms with Gasteiger partial charge >= 0.3 is 11.8 Å². The highest BCUT2D eigenvalue weighted by molar-refractivity contribution is 6.34. The molecule has 0 aromatic rings. The Kier molecular flexibility index (Phi) is 2.42. The molecule has 66 valence electrons. The number of carbonyl (C=O) groups excluding carboxylic acids is 2. The minimum absolute atomic E-state index is 0.443. The van der Waals surface area contributed by atoms with E-state index in [0.717, 1.165) is 6.42 Å². The van der Waals surface area contributed by atoms with Crippen molar-refractivity contribution >= 4 is 18.0 Å². The Bertz CT molecular complexity index is 237. The van der Waals surface area contributed by atoms with Gasteiger partial charge in [0.05, 0.1) is 0 Å². The smallest absolute Gasteiger partial charge is 0.329 e. The molecule has 1 fully saturated rings. The normalized spacial score (nSPS) is 27.1. The molecule has 2 unspecified atom stereocenters. The number of nitrogens with two attached hydrogens (primary N) is 1. The van der Waals surface area contributed by atoms with Crippen molar-refractivity contribution in [3.05, 3.63) is 0 Å². The Morgan fingerprint density at radius 1 is 1.67 bits per heavy atom. The van der Waals surface area contributed by atoms with Crippen molar-refractivity contribution in [1.29, 1.82) is 0 Å². The Morgan fingerprint density at radius 3 is 2.67 bits per heavy atom. The van der Waals surface area contributed by atoms with E-state index >= 15 is 0 Å². The summed E-state index contributed by atoms with van der Waals surface area (Å²) >= 11 is 0. The molecule has 0 spiro atoms. The third kappa shape index (κ3) is 2.34. The maximum absolute atomic E-state index is 10.5. The largest absolute Gasteiger partial charge is 0.361 e. The number of hydrogen-bond acceptors (Lipinski definition) is 3. The zero-order chi connectivity index (χ0) is 9.14. The summed E-state index contributed by atoms with van der Waals surface area (Å²) in [5.41, 5.74) is 6.70. The first-order valence-electron chi connectivity index (χ1n) is 3.74. The highest BCUT2D eigenvalue weighted by Gasteiger charge is 2.30. The molecule has 1 aliphatic carbocycles. The molecule has 0 aliphatic heterocycles. The predicted octanol–water partition coefficient (Wildman–Crippen LogP) is -0.770. The van der Waals surface area contributed by atoms with Gasteiger partial charge in [-0.05, 0) is 18.3 Å². The van der Waals surface area contributed by atoms with Crippen LogP contribution in [0.2, 0.25) is 0 Å². The summed E-state index contributed by atoms with van der Waals surface area (Å²) in [5, 5.41) is 3.58. The Morgan fingerprint density at radius 2 is 2.25 bits per heavy atom. The third-order valence-electron chi connectivity index (χ3n) is 1.83. The molecule has 2 atom stereocenters. The number of carbonyl (C=O) groups is 2. The lowest BCUT2D eigenvalue weighted by atomic mass is 10.4. The quantitative estimate of drug-likeness (QED) is 0.323. The summed E-state index contributed by atoms with van der Waals surface area (Å²) in [4.78, 5) is 20.7. The van der Waals surface area contributed by atoms with E-state index in [1.54, 1.807) is 6.21 Å². The first-order chi connectivity index (χ1) is 5.61. The Labute approximate surface area is 70.0 Å². The van der Waals surface area contributed by atoms with Crippen LogP contribution in [0.25, 0.3) is 0 Å². The van der Waals surface area contributed by atoms with Crippen LogP contribution < -0.4 is 11.2 Å². The van der Waals surface area contributed by atoms with Gasteiger partial charge in [-0.3, -0.25) is 9.59 Å². The van der Waals surface area contributed by atoms with Crippen LogP contribution in [0.15, 0.2) is 5.10 Å². The monoisotopic (exact) mass is 169 g/mol. The van der Waals surface area contributed by atoms with E-state index in [9.17, 15) is 9.59 Å². The number of primary amides is 1. The van der Waals surface area contributed by atoms with Gasteiger partial charge in [-0.1, -0.05) is 6.92 Å². The zero-order valence-corrected chi connectivity index (χ0v) is 6.78. The fourth-order valence-corrected chi connectivity index (χ4v) is 0.805. The van der Waals surface area contributed by atoms with Gasteiger partial charge < -0.3 is 5.73 Å². The average molecular weight is 169 g/mol. The number of hydrazone groups is 1. The van der Waals surface area contributed by atoms with E-state index in [2.05, 4.69) is 17.8 Å². The maximum Gasteiger partial charge on any atom is 0.329 e. The van der Waals surface area contributed by atoms with Crippen LogP contribution in [0.1, 0.15) is 13.3 Å². The highest BCUT2D eigenvalue weighted by Crippen LogP contribution is 2.35. The lowest BCUT2D eigenvalue weighted by molar-refractivity contribution is -0.137. The highest BCUT2D eigenvalue weighted by atomic mass is 16.2. The second-order valence-electron chi connectivity index (χ2n) is 2.96. The first kappa shape index (κ1) is 8.70. The van der Waals surface area contributed by atoms with Crippen molar-refractivity contribution in [1.82, 2.24) is 5.43 Å². The lowest BCUT2D eigenvalue weighted by Crippen LogP contribution is -2.32. The zero-order valence-electron chi connectivity index (χ0n) is 6.78. The fraction of sp³-hybridized carbons (Fsp3) is 0.571. The van der Waals surface area contributed by atoms with Gasteiger partial charge in [0.25, 0.3) is 0 Å². The minimum atomic E-state index is -1.02. The van der Waals surface area contributed by atoms with Crippen molar-refractivity contribution in [2.45, 2.75) is 13.3 Å².